The third-order valence-corrected chi connectivity index (χ3v) is 1.56. The van der Waals surface area contributed by atoms with Crippen LogP contribution in [0.2, 0.25) is 0 Å². The van der Waals surface area contributed by atoms with Gasteiger partial charge in [-0.15, -0.1) is 12.4 Å². The summed E-state index contributed by atoms with van der Waals surface area (Å²) in [4.78, 5) is 2.70. The van der Waals surface area contributed by atoms with Crippen molar-refractivity contribution in [2.75, 3.05) is 13.2 Å². The zero-order valence-corrected chi connectivity index (χ0v) is 6.83. The van der Waals surface area contributed by atoms with E-state index in [1.807, 2.05) is 0 Å². The van der Waals surface area contributed by atoms with Crippen molar-refractivity contribution in [3.63, 3.8) is 0 Å². The lowest BCUT2D eigenvalue weighted by Gasteiger charge is -2.24. The molecular formula is C5H11ClN4O. The van der Waals surface area contributed by atoms with Crippen LogP contribution in [0.4, 0.5) is 0 Å². The molecule has 0 saturated carbocycles. The zero-order valence-electron chi connectivity index (χ0n) is 6.01. The second-order valence-corrected chi connectivity index (χ2v) is 2.30. The van der Waals surface area contributed by atoms with Crippen LogP contribution in [0.15, 0.2) is 5.11 Å². The number of hydrogen-bond donors (Lipinski definition) is 1. The molecular weight excluding hydrogens is 168 g/mol. The first-order valence-electron chi connectivity index (χ1n) is 3.22. The molecule has 6 heteroatoms. The van der Waals surface area contributed by atoms with Crippen LogP contribution in [-0.4, -0.2) is 25.3 Å². The van der Waals surface area contributed by atoms with Crippen molar-refractivity contribution < 1.29 is 4.74 Å². The molecule has 0 amide bonds. The number of halogens is 1. The Balaban J connectivity index is 0.000001000. The van der Waals surface area contributed by atoms with Crippen molar-refractivity contribution in [3.8, 4) is 0 Å². The van der Waals surface area contributed by atoms with E-state index in [0.717, 1.165) is 6.42 Å². The summed E-state index contributed by atoms with van der Waals surface area (Å²) in [6.07, 6.45) is 0.741. The average Bonchev–Trinajstić information content (AvgIpc) is 1.94. The monoisotopic (exact) mass is 178 g/mol. The Bertz CT molecular complexity index is 159. The van der Waals surface area contributed by atoms with Gasteiger partial charge in [0.1, 0.15) is 0 Å². The van der Waals surface area contributed by atoms with Crippen molar-refractivity contribution in [1.82, 2.24) is 0 Å². The van der Waals surface area contributed by atoms with Gasteiger partial charge in [0.25, 0.3) is 0 Å². The molecule has 5 nitrogen and oxygen atoms in total. The Morgan fingerprint density at radius 1 is 1.64 bits per heavy atom. The van der Waals surface area contributed by atoms with Gasteiger partial charge >= 0.3 is 0 Å². The molecule has 1 heterocycles. The van der Waals surface area contributed by atoms with Crippen LogP contribution in [0.25, 0.3) is 10.4 Å². The highest BCUT2D eigenvalue weighted by Gasteiger charge is 2.20. The summed E-state index contributed by atoms with van der Waals surface area (Å²) in [5.74, 6) is 0. The van der Waals surface area contributed by atoms with Crippen molar-refractivity contribution in [2.45, 2.75) is 18.5 Å². The molecule has 1 aliphatic rings. The molecule has 11 heavy (non-hydrogen) atoms. The summed E-state index contributed by atoms with van der Waals surface area (Å²) < 4.78 is 5.05. The highest BCUT2D eigenvalue weighted by atomic mass is 35.5. The molecule has 64 valence electrons. The molecule has 2 atom stereocenters. The van der Waals surface area contributed by atoms with Crippen molar-refractivity contribution in [1.29, 1.82) is 0 Å². The number of hydrogen-bond acceptors (Lipinski definition) is 3. The fraction of sp³-hybridized carbons (Fsp3) is 1.00. The minimum atomic E-state index is -0.121. The Morgan fingerprint density at radius 3 is 2.91 bits per heavy atom. The van der Waals surface area contributed by atoms with Crippen molar-refractivity contribution in [3.05, 3.63) is 10.4 Å². The van der Waals surface area contributed by atoms with Gasteiger partial charge in [-0.1, -0.05) is 5.11 Å². The predicted octanol–water partition coefficient (Wildman–Crippen LogP) is 0.835. The quantitative estimate of drug-likeness (QED) is 0.367. The van der Waals surface area contributed by atoms with Gasteiger partial charge in [0.2, 0.25) is 0 Å². The normalized spacial score (nSPS) is 29.9. The van der Waals surface area contributed by atoms with E-state index < -0.39 is 0 Å². The average molecular weight is 179 g/mol. The van der Waals surface area contributed by atoms with Crippen LogP contribution in [0.3, 0.4) is 0 Å². The third-order valence-electron chi connectivity index (χ3n) is 1.56. The first kappa shape index (κ1) is 10.5. The predicted molar refractivity (Wildman–Crippen MR) is 43.6 cm³/mol. The molecule has 1 aliphatic heterocycles. The molecule has 1 rings (SSSR count). The van der Waals surface area contributed by atoms with Gasteiger partial charge in [0.05, 0.1) is 12.6 Å². The molecule has 0 aliphatic carbocycles. The maximum absolute atomic E-state index is 8.10. The van der Waals surface area contributed by atoms with Gasteiger partial charge in [-0.25, -0.2) is 0 Å². The number of azide groups is 1. The van der Waals surface area contributed by atoms with E-state index in [4.69, 9.17) is 16.0 Å². The van der Waals surface area contributed by atoms with Gasteiger partial charge in [-0.05, 0) is 12.0 Å². The summed E-state index contributed by atoms with van der Waals surface area (Å²) in [6.45, 7) is 1.15. The molecule has 0 aromatic carbocycles. The third kappa shape index (κ3) is 2.95. The van der Waals surface area contributed by atoms with Crippen molar-refractivity contribution in [2.24, 2.45) is 10.8 Å². The van der Waals surface area contributed by atoms with Crippen LogP contribution in [0, 0.1) is 0 Å². The lowest BCUT2D eigenvalue weighted by molar-refractivity contribution is 0.0712. The summed E-state index contributed by atoms with van der Waals surface area (Å²) in [5, 5.41) is 3.54. The van der Waals surface area contributed by atoms with E-state index >= 15 is 0 Å². The summed E-state index contributed by atoms with van der Waals surface area (Å²) in [6, 6.07) is -0.191. The molecule has 0 bridgehead atoms. The molecule has 0 aromatic rings. The van der Waals surface area contributed by atoms with Gasteiger partial charge in [-0.2, -0.15) is 0 Å². The van der Waals surface area contributed by atoms with Gasteiger partial charge in [-0.3, -0.25) is 0 Å². The first-order chi connectivity index (χ1) is 4.84. The number of ether oxygens (including phenoxy) is 1. The minimum Gasteiger partial charge on any atom is -0.380 e. The second-order valence-electron chi connectivity index (χ2n) is 2.30. The Labute approximate surface area is 70.9 Å². The smallest absolute Gasteiger partial charge is 0.0621 e. The summed E-state index contributed by atoms with van der Waals surface area (Å²) in [5.41, 5.74) is 13.7. The summed E-state index contributed by atoms with van der Waals surface area (Å²) in [7, 11) is 0. The zero-order chi connectivity index (χ0) is 7.40. The maximum Gasteiger partial charge on any atom is 0.0621 e. The molecule has 2 N–H and O–H groups in total. The highest BCUT2D eigenvalue weighted by molar-refractivity contribution is 5.85. The molecule has 0 unspecified atom stereocenters. The fourth-order valence-electron chi connectivity index (χ4n) is 0.958. The Kier molecular flexibility index (Phi) is 4.98. The summed E-state index contributed by atoms with van der Waals surface area (Å²) >= 11 is 0. The largest absolute Gasteiger partial charge is 0.380 e. The minimum absolute atomic E-state index is 0. The van der Waals surface area contributed by atoms with Crippen molar-refractivity contribution >= 4 is 12.4 Å². The number of nitrogens with two attached hydrogens (primary N) is 1. The number of rotatable bonds is 1. The van der Waals surface area contributed by atoms with Crippen LogP contribution >= 0.6 is 12.4 Å². The number of nitrogens with zero attached hydrogens (tertiary/aromatic N) is 3. The van der Waals surface area contributed by atoms with Crippen LogP contribution in [0.5, 0.6) is 0 Å². The van der Waals surface area contributed by atoms with Gasteiger partial charge < -0.3 is 10.5 Å². The molecule has 0 radical (unpaired) electrons. The SMILES string of the molecule is Cl.[N-]=[N+]=N[C@@H]1CCOC[C@H]1N. The van der Waals surface area contributed by atoms with E-state index in [2.05, 4.69) is 10.0 Å². The molecule has 0 aromatic heterocycles. The van der Waals surface area contributed by atoms with E-state index in [1.54, 1.807) is 0 Å². The molecule has 0 spiro atoms. The standard InChI is InChI=1S/C5H10N4O.ClH/c6-4-3-10-2-1-5(4)8-9-7;/h4-5H,1-3,6H2;1H/t4-,5-;/m1./s1. The van der Waals surface area contributed by atoms with Gasteiger partial charge in [0.15, 0.2) is 0 Å². The lowest BCUT2D eigenvalue weighted by atomic mass is 10.1. The first-order valence-corrected chi connectivity index (χ1v) is 3.22. The van der Waals surface area contributed by atoms with Crippen LogP contribution in [-0.2, 0) is 4.74 Å². The fourth-order valence-corrected chi connectivity index (χ4v) is 0.958. The van der Waals surface area contributed by atoms with E-state index in [-0.39, 0.29) is 24.5 Å². The lowest BCUT2D eigenvalue weighted by Crippen LogP contribution is -2.42. The Hall–Kier alpha value is -0.480. The van der Waals surface area contributed by atoms with Gasteiger partial charge in [0, 0.05) is 17.6 Å². The Morgan fingerprint density at radius 2 is 2.36 bits per heavy atom. The maximum atomic E-state index is 8.10. The second kappa shape index (κ2) is 5.21. The van der Waals surface area contributed by atoms with Crippen LogP contribution in [0.1, 0.15) is 6.42 Å². The molecule has 1 fully saturated rings. The highest BCUT2D eigenvalue weighted by Crippen LogP contribution is 2.09. The molecule has 1 saturated heterocycles. The van der Waals surface area contributed by atoms with E-state index in [1.165, 1.54) is 0 Å². The van der Waals surface area contributed by atoms with E-state index in [9.17, 15) is 0 Å². The topological polar surface area (TPSA) is 84.0 Å². The van der Waals surface area contributed by atoms with Crippen LogP contribution < -0.4 is 5.73 Å². The van der Waals surface area contributed by atoms with E-state index in [0.29, 0.717) is 13.2 Å².